The first-order valence-corrected chi connectivity index (χ1v) is 6.83. The molecule has 1 aliphatic heterocycles. The van der Waals surface area contributed by atoms with Crippen molar-refractivity contribution >= 4 is 11.6 Å². The Morgan fingerprint density at radius 1 is 1.16 bits per heavy atom. The van der Waals surface area contributed by atoms with Gasteiger partial charge >= 0.3 is 0 Å². The average Bonchev–Trinajstić information content (AvgIpc) is 2.34. The summed E-state index contributed by atoms with van der Waals surface area (Å²) < 4.78 is 0. The Bertz CT molecular complexity index is 453. The lowest BCUT2D eigenvalue weighted by atomic mass is 10.0. The number of aryl methyl sites for hydroxylation is 3. The van der Waals surface area contributed by atoms with Crippen LogP contribution in [0.4, 0.5) is 5.69 Å². The quantitative estimate of drug-likeness (QED) is 0.756. The summed E-state index contributed by atoms with van der Waals surface area (Å²) in [6.45, 7) is 9.74. The molecule has 2 atom stereocenters. The Hall–Kier alpha value is -1.39. The van der Waals surface area contributed by atoms with Crippen molar-refractivity contribution in [2.75, 3.05) is 18.4 Å². The van der Waals surface area contributed by atoms with Crippen LogP contribution in [0.25, 0.3) is 0 Å². The zero-order chi connectivity index (χ0) is 14.0. The first-order valence-electron chi connectivity index (χ1n) is 6.83. The summed E-state index contributed by atoms with van der Waals surface area (Å²) >= 11 is 0. The van der Waals surface area contributed by atoms with E-state index in [2.05, 4.69) is 41.9 Å². The first kappa shape index (κ1) is 14.0. The van der Waals surface area contributed by atoms with Crippen molar-refractivity contribution in [1.82, 2.24) is 10.6 Å². The third kappa shape index (κ3) is 3.33. The fourth-order valence-electron chi connectivity index (χ4n) is 2.56. The standard InChI is InChI=1S/C15H23N3O/c1-9-5-10(2)14(11(3)6-9)18-15(19)13-8-16-12(4)7-17-13/h5-6,12-13,16-17H,7-8H2,1-4H3,(H,18,19). The molecule has 4 heteroatoms. The van der Waals surface area contributed by atoms with Crippen molar-refractivity contribution in [3.63, 3.8) is 0 Å². The van der Waals surface area contributed by atoms with E-state index >= 15 is 0 Å². The molecule has 1 fully saturated rings. The van der Waals surface area contributed by atoms with Gasteiger partial charge in [0.1, 0.15) is 0 Å². The van der Waals surface area contributed by atoms with Crippen LogP contribution < -0.4 is 16.0 Å². The molecule has 1 aromatic carbocycles. The number of nitrogens with one attached hydrogen (secondary N) is 3. The summed E-state index contributed by atoms with van der Waals surface area (Å²) in [6, 6.07) is 4.46. The number of carbonyl (C=O) groups excluding carboxylic acids is 1. The van der Waals surface area contributed by atoms with Crippen molar-refractivity contribution in [2.24, 2.45) is 0 Å². The zero-order valence-corrected chi connectivity index (χ0v) is 12.1. The minimum atomic E-state index is -0.156. The predicted octanol–water partition coefficient (Wildman–Crippen LogP) is 1.50. The number of rotatable bonds is 2. The summed E-state index contributed by atoms with van der Waals surface area (Å²) in [5, 5.41) is 9.63. The maximum absolute atomic E-state index is 12.2. The van der Waals surface area contributed by atoms with Crippen LogP contribution in [0.5, 0.6) is 0 Å². The van der Waals surface area contributed by atoms with Gasteiger partial charge in [0.25, 0.3) is 0 Å². The fourth-order valence-corrected chi connectivity index (χ4v) is 2.56. The molecule has 2 rings (SSSR count). The Labute approximate surface area is 115 Å². The number of carbonyl (C=O) groups is 1. The molecule has 0 saturated carbocycles. The van der Waals surface area contributed by atoms with Gasteiger partial charge in [-0.05, 0) is 38.8 Å². The molecule has 4 nitrogen and oxygen atoms in total. The molecule has 1 aromatic rings. The third-order valence-electron chi connectivity index (χ3n) is 3.58. The van der Waals surface area contributed by atoms with Gasteiger partial charge in [0.2, 0.25) is 5.91 Å². The van der Waals surface area contributed by atoms with Gasteiger partial charge in [-0.25, -0.2) is 0 Å². The van der Waals surface area contributed by atoms with Crippen LogP contribution in [0, 0.1) is 20.8 Å². The SMILES string of the molecule is Cc1cc(C)c(NC(=O)C2CNC(C)CN2)c(C)c1. The normalized spacial score (nSPS) is 23.2. The van der Waals surface area contributed by atoms with E-state index in [9.17, 15) is 4.79 Å². The fraction of sp³-hybridized carbons (Fsp3) is 0.533. The molecular formula is C15H23N3O. The summed E-state index contributed by atoms with van der Waals surface area (Å²) in [5.74, 6) is 0.0365. The highest BCUT2D eigenvalue weighted by Crippen LogP contribution is 2.22. The molecule has 0 aliphatic carbocycles. The van der Waals surface area contributed by atoms with Crippen molar-refractivity contribution in [1.29, 1.82) is 0 Å². The second kappa shape index (κ2) is 5.72. The van der Waals surface area contributed by atoms with Crippen LogP contribution in [0.2, 0.25) is 0 Å². The molecule has 0 bridgehead atoms. The monoisotopic (exact) mass is 261 g/mol. The molecule has 1 saturated heterocycles. The molecule has 19 heavy (non-hydrogen) atoms. The van der Waals surface area contributed by atoms with E-state index in [0.29, 0.717) is 12.6 Å². The van der Waals surface area contributed by atoms with Gasteiger partial charge in [0.15, 0.2) is 0 Å². The van der Waals surface area contributed by atoms with E-state index in [4.69, 9.17) is 0 Å². The molecule has 0 spiro atoms. The predicted molar refractivity (Wildman–Crippen MR) is 78.5 cm³/mol. The van der Waals surface area contributed by atoms with E-state index in [0.717, 1.165) is 23.4 Å². The number of hydrogen-bond acceptors (Lipinski definition) is 3. The highest BCUT2D eigenvalue weighted by Gasteiger charge is 2.23. The minimum Gasteiger partial charge on any atom is -0.324 e. The van der Waals surface area contributed by atoms with Crippen molar-refractivity contribution in [3.05, 3.63) is 28.8 Å². The third-order valence-corrected chi connectivity index (χ3v) is 3.58. The molecule has 104 valence electrons. The number of benzene rings is 1. The van der Waals surface area contributed by atoms with E-state index in [-0.39, 0.29) is 11.9 Å². The maximum atomic E-state index is 12.2. The van der Waals surface area contributed by atoms with Gasteiger partial charge < -0.3 is 16.0 Å². The lowest BCUT2D eigenvalue weighted by Crippen LogP contribution is -2.57. The average molecular weight is 261 g/mol. The van der Waals surface area contributed by atoms with Gasteiger partial charge in [-0.2, -0.15) is 0 Å². The van der Waals surface area contributed by atoms with E-state index < -0.39 is 0 Å². The van der Waals surface area contributed by atoms with E-state index in [1.807, 2.05) is 13.8 Å². The first-order chi connectivity index (χ1) is 8.97. The highest BCUT2D eigenvalue weighted by atomic mass is 16.2. The lowest BCUT2D eigenvalue weighted by Gasteiger charge is -2.28. The Balaban J connectivity index is 2.07. The number of amides is 1. The topological polar surface area (TPSA) is 53.2 Å². The molecule has 1 aliphatic rings. The second-order valence-electron chi connectivity index (χ2n) is 5.53. The van der Waals surface area contributed by atoms with E-state index in [1.165, 1.54) is 5.56 Å². The van der Waals surface area contributed by atoms with Crippen molar-refractivity contribution in [3.8, 4) is 0 Å². The van der Waals surface area contributed by atoms with Gasteiger partial charge in [0, 0.05) is 24.8 Å². The lowest BCUT2D eigenvalue weighted by molar-refractivity contribution is -0.118. The largest absolute Gasteiger partial charge is 0.324 e. The van der Waals surface area contributed by atoms with E-state index in [1.54, 1.807) is 0 Å². The summed E-state index contributed by atoms with van der Waals surface area (Å²) in [7, 11) is 0. The van der Waals surface area contributed by atoms with Gasteiger partial charge in [-0.15, -0.1) is 0 Å². The summed E-state index contributed by atoms with van der Waals surface area (Å²) in [6.07, 6.45) is 0. The molecule has 0 radical (unpaired) electrons. The second-order valence-corrected chi connectivity index (χ2v) is 5.53. The molecule has 3 N–H and O–H groups in total. The molecular weight excluding hydrogens is 238 g/mol. The number of hydrogen-bond donors (Lipinski definition) is 3. The Morgan fingerprint density at radius 2 is 1.79 bits per heavy atom. The van der Waals surface area contributed by atoms with Gasteiger partial charge in [-0.3, -0.25) is 4.79 Å². The van der Waals surface area contributed by atoms with Crippen LogP contribution in [0.1, 0.15) is 23.6 Å². The number of piperazine rings is 1. The summed E-state index contributed by atoms with van der Waals surface area (Å²) in [5.41, 5.74) is 4.39. The smallest absolute Gasteiger partial charge is 0.242 e. The Kier molecular flexibility index (Phi) is 4.22. The minimum absolute atomic E-state index is 0.0365. The van der Waals surface area contributed by atoms with Crippen LogP contribution in [-0.4, -0.2) is 31.1 Å². The summed E-state index contributed by atoms with van der Waals surface area (Å²) in [4.78, 5) is 12.2. The highest BCUT2D eigenvalue weighted by molar-refractivity contribution is 5.96. The molecule has 0 aromatic heterocycles. The van der Waals surface area contributed by atoms with Gasteiger partial charge in [-0.1, -0.05) is 17.7 Å². The van der Waals surface area contributed by atoms with Crippen molar-refractivity contribution in [2.45, 2.75) is 39.8 Å². The Morgan fingerprint density at radius 3 is 2.32 bits per heavy atom. The maximum Gasteiger partial charge on any atom is 0.242 e. The van der Waals surface area contributed by atoms with Crippen LogP contribution in [0.3, 0.4) is 0 Å². The molecule has 1 heterocycles. The molecule has 1 amide bonds. The van der Waals surface area contributed by atoms with Crippen molar-refractivity contribution < 1.29 is 4.79 Å². The zero-order valence-electron chi connectivity index (χ0n) is 12.1. The van der Waals surface area contributed by atoms with Gasteiger partial charge in [0.05, 0.1) is 6.04 Å². The van der Waals surface area contributed by atoms with Crippen LogP contribution in [-0.2, 0) is 4.79 Å². The number of anilines is 1. The van der Waals surface area contributed by atoms with Crippen LogP contribution in [0.15, 0.2) is 12.1 Å². The van der Waals surface area contributed by atoms with Crippen LogP contribution >= 0.6 is 0 Å². The molecule has 2 unspecified atom stereocenters.